The number of hydrogen-bond acceptors (Lipinski definition) is 5. The molecule has 0 radical (unpaired) electrons. The molecule has 3 aromatic carbocycles. The van der Waals surface area contributed by atoms with Gasteiger partial charge in [-0.3, -0.25) is 8.98 Å². The summed E-state index contributed by atoms with van der Waals surface area (Å²) in [4.78, 5) is 14.8. The third kappa shape index (κ3) is 4.22. The maximum absolute atomic E-state index is 13.1. The van der Waals surface area contributed by atoms with Gasteiger partial charge < -0.3 is 9.64 Å². The number of nitrogens with zero attached hydrogens (tertiary/aromatic N) is 1. The SMILES string of the molecule is Cc1ccc(S(=O)(=O)OCC2CN(C(=O)c3ccccc3)c3ccccc3O2)cc1. The Morgan fingerprint density at radius 1 is 1.00 bits per heavy atom. The van der Waals surface area contributed by atoms with E-state index in [2.05, 4.69) is 0 Å². The Labute approximate surface area is 175 Å². The van der Waals surface area contributed by atoms with E-state index in [4.69, 9.17) is 8.92 Å². The molecule has 6 nitrogen and oxygen atoms in total. The van der Waals surface area contributed by atoms with Gasteiger partial charge in [0.2, 0.25) is 0 Å². The van der Waals surface area contributed by atoms with Gasteiger partial charge in [-0.15, -0.1) is 0 Å². The Hall–Kier alpha value is -3.16. The summed E-state index contributed by atoms with van der Waals surface area (Å²) in [6, 6.07) is 22.5. The highest BCUT2D eigenvalue weighted by Gasteiger charge is 2.31. The number of fused-ring (bicyclic) bond motifs is 1. The third-order valence-corrected chi connectivity index (χ3v) is 6.12. The summed E-state index contributed by atoms with van der Waals surface area (Å²) in [5.41, 5.74) is 2.14. The van der Waals surface area contributed by atoms with Crippen LogP contribution in [0.2, 0.25) is 0 Å². The smallest absolute Gasteiger partial charge is 0.297 e. The van der Waals surface area contributed by atoms with Gasteiger partial charge in [-0.25, -0.2) is 0 Å². The Morgan fingerprint density at radius 2 is 1.67 bits per heavy atom. The normalized spacial score (nSPS) is 15.9. The second-order valence-electron chi connectivity index (χ2n) is 7.04. The summed E-state index contributed by atoms with van der Waals surface area (Å²) in [6.45, 7) is 1.85. The maximum atomic E-state index is 13.1. The lowest BCUT2D eigenvalue weighted by molar-refractivity contribution is 0.0919. The summed E-state index contributed by atoms with van der Waals surface area (Å²) in [6.07, 6.45) is -0.632. The van der Waals surface area contributed by atoms with Crippen molar-refractivity contribution in [1.82, 2.24) is 0 Å². The topological polar surface area (TPSA) is 72.9 Å². The number of anilines is 1. The summed E-state index contributed by atoms with van der Waals surface area (Å²) < 4.78 is 36.2. The van der Waals surface area contributed by atoms with Crippen LogP contribution in [0.25, 0.3) is 0 Å². The third-order valence-electron chi connectivity index (χ3n) is 4.82. The monoisotopic (exact) mass is 423 g/mol. The minimum absolute atomic E-state index is 0.0847. The van der Waals surface area contributed by atoms with Crippen LogP contribution in [0.1, 0.15) is 15.9 Å². The zero-order chi connectivity index (χ0) is 21.1. The van der Waals surface area contributed by atoms with Crippen molar-refractivity contribution in [3.05, 3.63) is 90.0 Å². The summed E-state index contributed by atoms with van der Waals surface area (Å²) in [7, 11) is -3.93. The molecule has 0 N–H and O–H groups in total. The van der Waals surface area contributed by atoms with Crippen molar-refractivity contribution >= 4 is 21.7 Å². The number of amides is 1. The Bertz CT molecular complexity index is 1140. The van der Waals surface area contributed by atoms with Crippen LogP contribution < -0.4 is 9.64 Å². The molecule has 0 saturated carbocycles. The highest BCUT2D eigenvalue weighted by molar-refractivity contribution is 7.86. The van der Waals surface area contributed by atoms with Crippen LogP contribution in [0.5, 0.6) is 5.75 Å². The predicted molar refractivity (Wildman–Crippen MR) is 113 cm³/mol. The van der Waals surface area contributed by atoms with E-state index in [9.17, 15) is 13.2 Å². The second kappa shape index (κ2) is 8.30. The number of aryl methyl sites for hydroxylation is 1. The lowest BCUT2D eigenvalue weighted by atomic mass is 10.1. The summed E-state index contributed by atoms with van der Waals surface area (Å²) in [5.74, 6) is 0.326. The molecule has 1 unspecified atom stereocenters. The van der Waals surface area contributed by atoms with E-state index in [-0.39, 0.29) is 24.0 Å². The van der Waals surface area contributed by atoms with Crippen LogP contribution in [0.4, 0.5) is 5.69 Å². The molecule has 154 valence electrons. The molecule has 0 saturated heterocycles. The molecule has 1 atom stereocenters. The Morgan fingerprint density at radius 3 is 2.40 bits per heavy atom. The van der Waals surface area contributed by atoms with Crippen molar-refractivity contribution < 1.29 is 22.1 Å². The number of hydrogen-bond donors (Lipinski definition) is 0. The standard InChI is InChI=1S/C23H21NO5S/c1-17-11-13-20(14-12-17)30(26,27)28-16-19-15-24(21-9-5-6-10-22(21)29-19)23(25)18-7-3-2-4-8-18/h2-14,19H,15-16H2,1H3. The molecule has 4 rings (SSSR count). The Balaban J connectivity index is 1.54. The molecule has 1 aliphatic rings. The van der Waals surface area contributed by atoms with Gasteiger partial charge in [0.05, 0.1) is 17.1 Å². The molecule has 30 heavy (non-hydrogen) atoms. The van der Waals surface area contributed by atoms with Crippen LogP contribution >= 0.6 is 0 Å². The lowest BCUT2D eigenvalue weighted by Crippen LogP contribution is -2.45. The van der Waals surface area contributed by atoms with Crippen molar-refractivity contribution in [2.24, 2.45) is 0 Å². The van der Waals surface area contributed by atoms with Crippen molar-refractivity contribution in [2.75, 3.05) is 18.1 Å². The molecule has 1 aliphatic heterocycles. The molecule has 3 aromatic rings. The van der Waals surface area contributed by atoms with Gasteiger partial charge in [-0.2, -0.15) is 8.42 Å². The van der Waals surface area contributed by atoms with Gasteiger partial charge in [0, 0.05) is 5.56 Å². The number of ether oxygens (including phenoxy) is 1. The van der Waals surface area contributed by atoms with Crippen molar-refractivity contribution in [2.45, 2.75) is 17.9 Å². The number of carbonyl (C=O) groups is 1. The van der Waals surface area contributed by atoms with Gasteiger partial charge in [0.15, 0.2) is 0 Å². The quantitative estimate of drug-likeness (QED) is 0.584. The number of carbonyl (C=O) groups excluding carboxylic acids is 1. The largest absolute Gasteiger partial charge is 0.484 e. The average molecular weight is 423 g/mol. The van der Waals surface area contributed by atoms with Crippen LogP contribution in [-0.2, 0) is 14.3 Å². The average Bonchev–Trinajstić information content (AvgIpc) is 2.77. The number of para-hydroxylation sites is 2. The first-order valence-electron chi connectivity index (χ1n) is 9.53. The number of rotatable bonds is 5. The molecule has 1 amide bonds. The lowest BCUT2D eigenvalue weighted by Gasteiger charge is -2.34. The van der Waals surface area contributed by atoms with E-state index in [1.54, 1.807) is 59.5 Å². The van der Waals surface area contributed by atoms with Gasteiger partial charge in [-0.1, -0.05) is 48.0 Å². The zero-order valence-electron chi connectivity index (χ0n) is 16.4. The van der Waals surface area contributed by atoms with E-state index >= 15 is 0 Å². The molecule has 0 bridgehead atoms. The first-order valence-corrected chi connectivity index (χ1v) is 10.9. The van der Waals surface area contributed by atoms with Crippen molar-refractivity contribution in [3.8, 4) is 5.75 Å². The molecule has 1 heterocycles. The fourth-order valence-electron chi connectivity index (χ4n) is 3.25. The molecule has 0 aliphatic carbocycles. The molecule has 0 spiro atoms. The van der Waals surface area contributed by atoms with Crippen LogP contribution in [-0.4, -0.2) is 33.6 Å². The van der Waals surface area contributed by atoms with Gasteiger partial charge in [0.25, 0.3) is 16.0 Å². The van der Waals surface area contributed by atoms with Crippen LogP contribution in [0.3, 0.4) is 0 Å². The van der Waals surface area contributed by atoms with Gasteiger partial charge >= 0.3 is 0 Å². The zero-order valence-corrected chi connectivity index (χ0v) is 17.2. The maximum Gasteiger partial charge on any atom is 0.297 e. The first-order chi connectivity index (χ1) is 14.4. The molecule has 0 aromatic heterocycles. The highest BCUT2D eigenvalue weighted by Crippen LogP contribution is 2.34. The number of benzene rings is 3. The van der Waals surface area contributed by atoms with E-state index in [0.717, 1.165) is 5.56 Å². The Kier molecular flexibility index (Phi) is 5.57. The first kappa shape index (κ1) is 20.1. The summed E-state index contributed by atoms with van der Waals surface area (Å²) in [5, 5.41) is 0. The minimum Gasteiger partial charge on any atom is -0.484 e. The highest BCUT2D eigenvalue weighted by atomic mass is 32.2. The minimum atomic E-state index is -3.93. The molecule has 7 heteroatoms. The van der Waals surface area contributed by atoms with Crippen molar-refractivity contribution in [1.29, 1.82) is 0 Å². The molecule has 0 fully saturated rings. The fourth-order valence-corrected chi connectivity index (χ4v) is 4.19. The van der Waals surface area contributed by atoms with E-state index in [1.807, 2.05) is 19.1 Å². The van der Waals surface area contributed by atoms with E-state index in [0.29, 0.717) is 17.0 Å². The fraction of sp³-hybridized carbons (Fsp3) is 0.174. The van der Waals surface area contributed by atoms with Crippen LogP contribution in [0, 0.1) is 6.92 Å². The van der Waals surface area contributed by atoms with Gasteiger partial charge in [-0.05, 0) is 43.3 Å². The summed E-state index contributed by atoms with van der Waals surface area (Å²) >= 11 is 0. The predicted octanol–water partition coefficient (Wildman–Crippen LogP) is 3.81. The molecular formula is C23H21NO5S. The second-order valence-corrected chi connectivity index (χ2v) is 8.66. The van der Waals surface area contributed by atoms with Crippen LogP contribution in [0.15, 0.2) is 83.8 Å². The van der Waals surface area contributed by atoms with Crippen molar-refractivity contribution in [3.63, 3.8) is 0 Å². The van der Waals surface area contributed by atoms with Gasteiger partial charge in [0.1, 0.15) is 18.5 Å². The van der Waals surface area contributed by atoms with E-state index < -0.39 is 16.2 Å². The molecular weight excluding hydrogens is 402 g/mol. The van der Waals surface area contributed by atoms with E-state index in [1.165, 1.54) is 12.1 Å².